The van der Waals surface area contributed by atoms with E-state index >= 15 is 0 Å². The maximum absolute atomic E-state index is 12.9. The fraction of sp³-hybridized carbons (Fsp3) is 0.152. The molecule has 1 unspecified atom stereocenters. The van der Waals surface area contributed by atoms with Crippen LogP contribution in [0, 0.1) is 6.92 Å². The zero-order chi connectivity index (χ0) is 25.7. The number of hydrogen-bond donors (Lipinski definition) is 0. The average molecular weight is 503 g/mol. The van der Waals surface area contributed by atoms with Crippen LogP contribution in [0.2, 0.25) is 0 Å². The third-order valence-electron chi connectivity index (χ3n) is 7.80. The third kappa shape index (κ3) is 3.40. The molecule has 184 valence electrons. The number of benzene rings is 4. The van der Waals surface area contributed by atoms with Crippen LogP contribution in [0.25, 0.3) is 16.7 Å². The lowest BCUT2D eigenvalue weighted by Crippen LogP contribution is -2.41. The summed E-state index contributed by atoms with van der Waals surface area (Å²) in [5.41, 5.74) is 12.0. The molecule has 2 aliphatic carbocycles. The Labute approximate surface area is 222 Å². The SMILES string of the molecule is CC1=C(/C=C\N(C)N(c2ccccc2C)[S+](C)[O-])C2(c3ccccc31)c1ccccc1-c1ccccc12. The van der Waals surface area contributed by atoms with Gasteiger partial charge in [0.2, 0.25) is 0 Å². The summed E-state index contributed by atoms with van der Waals surface area (Å²) in [4.78, 5) is 0. The summed E-state index contributed by atoms with van der Waals surface area (Å²) in [6, 6.07) is 34.5. The number of fused-ring (bicyclic) bond motifs is 7. The van der Waals surface area contributed by atoms with Crippen LogP contribution in [-0.2, 0) is 16.8 Å². The van der Waals surface area contributed by atoms with Crippen LogP contribution >= 0.6 is 0 Å². The lowest BCUT2D eigenvalue weighted by Gasteiger charge is -2.33. The van der Waals surface area contributed by atoms with Crippen LogP contribution in [0.4, 0.5) is 5.69 Å². The van der Waals surface area contributed by atoms with Crippen molar-refractivity contribution in [2.24, 2.45) is 0 Å². The number of anilines is 1. The molecule has 0 radical (unpaired) electrons. The van der Waals surface area contributed by atoms with E-state index in [1.165, 1.54) is 44.5 Å². The lowest BCUT2D eigenvalue weighted by atomic mass is 9.69. The van der Waals surface area contributed by atoms with Gasteiger partial charge in [-0.05, 0) is 76.1 Å². The van der Waals surface area contributed by atoms with E-state index < -0.39 is 11.4 Å². The van der Waals surface area contributed by atoms with Gasteiger partial charge in [0.15, 0.2) is 0 Å². The first-order valence-electron chi connectivity index (χ1n) is 12.6. The average Bonchev–Trinajstić information content (AvgIpc) is 3.34. The van der Waals surface area contributed by atoms with Crippen molar-refractivity contribution in [1.82, 2.24) is 5.01 Å². The van der Waals surface area contributed by atoms with Crippen molar-refractivity contribution in [3.05, 3.63) is 143 Å². The second-order valence-electron chi connectivity index (χ2n) is 9.80. The molecule has 0 heterocycles. The molecule has 0 saturated carbocycles. The van der Waals surface area contributed by atoms with Crippen LogP contribution in [0.5, 0.6) is 0 Å². The Morgan fingerprint density at radius 2 is 1.19 bits per heavy atom. The van der Waals surface area contributed by atoms with Crippen molar-refractivity contribution in [3.8, 4) is 11.1 Å². The Balaban J connectivity index is 1.54. The Hall–Kier alpha value is -3.73. The van der Waals surface area contributed by atoms with Gasteiger partial charge < -0.3 is 4.55 Å². The highest BCUT2D eigenvalue weighted by Crippen LogP contribution is 2.61. The molecule has 4 heteroatoms. The molecule has 3 nitrogen and oxygen atoms in total. The van der Waals surface area contributed by atoms with Crippen molar-refractivity contribution in [3.63, 3.8) is 0 Å². The minimum Gasteiger partial charge on any atom is -0.592 e. The minimum absolute atomic E-state index is 0.385. The molecule has 0 aromatic heterocycles. The van der Waals surface area contributed by atoms with E-state index in [1.807, 2.05) is 34.7 Å². The summed E-state index contributed by atoms with van der Waals surface area (Å²) in [7, 11) is 1.96. The van der Waals surface area contributed by atoms with E-state index in [-0.39, 0.29) is 5.41 Å². The summed E-state index contributed by atoms with van der Waals surface area (Å²) >= 11 is -1.24. The predicted octanol–water partition coefficient (Wildman–Crippen LogP) is 7.26. The van der Waals surface area contributed by atoms with Gasteiger partial charge in [-0.25, -0.2) is 0 Å². The molecule has 2 aliphatic rings. The van der Waals surface area contributed by atoms with Crippen LogP contribution in [-0.4, -0.2) is 22.9 Å². The molecule has 6 rings (SSSR count). The Kier molecular flexibility index (Phi) is 5.74. The molecule has 0 aliphatic heterocycles. The van der Waals surface area contributed by atoms with E-state index in [0.29, 0.717) is 0 Å². The van der Waals surface area contributed by atoms with Gasteiger partial charge in [-0.2, -0.15) is 0 Å². The van der Waals surface area contributed by atoms with Gasteiger partial charge in [-0.15, -0.1) is 4.41 Å². The van der Waals surface area contributed by atoms with E-state index in [1.54, 1.807) is 6.26 Å². The number of hydrogen-bond acceptors (Lipinski definition) is 3. The van der Waals surface area contributed by atoms with Gasteiger partial charge in [-0.1, -0.05) is 91.0 Å². The van der Waals surface area contributed by atoms with E-state index in [2.05, 4.69) is 105 Å². The van der Waals surface area contributed by atoms with Gasteiger partial charge in [-0.3, -0.25) is 5.01 Å². The standard InChI is InChI=1S/C33H30N2OS/c1-23-13-5-12-20-32(23)35(37(4)36)34(3)22-21-28-24(2)25-14-6-9-17-29(25)33(28)30-18-10-7-15-26(30)27-16-8-11-19-31(27)33/h5-22H,1-4H3/b22-21-. The lowest BCUT2D eigenvalue weighted by molar-refractivity contribution is 0.468. The summed E-state index contributed by atoms with van der Waals surface area (Å²) in [6.45, 7) is 4.28. The molecule has 4 aromatic carbocycles. The topological polar surface area (TPSA) is 29.5 Å². The monoisotopic (exact) mass is 502 g/mol. The number of aryl methyl sites for hydroxylation is 1. The van der Waals surface area contributed by atoms with Crippen molar-refractivity contribution >= 4 is 22.6 Å². The minimum atomic E-state index is -1.24. The third-order valence-corrected chi connectivity index (χ3v) is 8.75. The van der Waals surface area contributed by atoms with Crippen LogP contribution in [0.3, 0.4) is 0 Å². The highest BCUT2D eigenvalue weighted by atomic mass is 32.2. The van der Waals surface area contributed by atoms with Crippen molar-refractivity contribution in [1.29, 1.82) is 0 Å². The second-order valence-corrected chi connectivity index (χ2v) is 11.0. The highest BCUT2D eigenvalue weighted by molar-refractivity contribution is 7.92. The number of rotatable bonds is 5. The Morgan fingerprint density at radius 3 is 1.76 bits per heavy atom. The summed E-state index contributed by atoms with van der Waals surface area (Å²) in [5, 5.41) is 1.95. The zero-order valence-electron chi connectivity index (χ0n) is 21.6. The molecule has 4 aromatic rings. The van der Waals surface area contributed by atoms with Crippen LogP contribution in [0.1, 0.15) is 34.7 Å². The number of para-hydroxylation sites is 1. The maximum Gasteiger partial charge on any atom is 0.123 e. The molecule has 0 saturated heterocycles. The fourth-order valence-electron chi connectivity index (χ4n) is 6.28. The van der Waals surface area contributed by atoms with Gasteiger partial charge in [0.25, 0.3) is 0 Å². The molecule has 37 heavy (non-hydrogen) atoms. The molecule has 1 spiro atoms. The number of allylic oxidation sites excluding steroid dienone is 3. The molecular formula is C33H30N2OS. The Bertz CT molecular complexity index is 1520. The van der Waals surface area contributed by atoms with Gasteiger partial charge in [0.1, 0.15) is 11.9 Å². The molecule has 0 amide bonds. The Morgan fingerprint density at radius 1 is 0.703 bits per heavy atom. The first-order chi connectivity index (χ1) is 18.0. The summed E-state index contributed by atoms with van der Waals surface area (Å²) in [5.74, 6) is 0. The first kappa shape index (κ1) is 23.7. The fourth-order valence-corrected chi connectivity index (χ4v) is 7.18. The zero-order valence-corrected chi connectivity index (χ0v) is 22.4. The first-order valence-corrected chi connectivity index (χ1v) is 14.1. The van der Waals surface area contributed by atoms with Crippen molar-refractivity contribution in [2.45, 2.75) is 19.3 Å². The molecule has 1 atom stereocenters. The second kappa shape index (κ2) is 8.98. The quantitative estimate of drug-likeness (QED) is 0.212. The van der Waals surface area contributed by atoms with Crippen LogP contribution in [0.15, 0.2) is 115 Å². The highest BCUT2D eigenvalue weighted by Gasteiger charge is 2.51. The summed E-state index contributed by atoms with van der Waals surface area (Å²) in [6.07, 6.45) is 6.01. The molecule has 0 N–H and O–H groups in total. The van der Waals surface area contributed by atoms with Crippen molar-refractivity contribution in [2.75, 3.05) is 17.7 Å². The van der Waals surface area contributed by atoms with Crippen molar-refractivity contribution < 1.29 is 4.55 Å². The smallest absolute Gasteiger partial charge is 0.123 e. The molecule has 0 fully saturated rings. The molecule has 0 bridgehead atoms. The number of hydrazine groups is 1. The van der Waals surface area contributed by atoms with Gasteiger partial charge in [0, 0.05) is 13.2 Å². The largest absolute Gasteiger partial charge is 0.592 e. The normalized spacial score (nSPS) is 15.6. The predicted molar refractivity (Wildman–Crippen MR) is 155 cm³/mol. The van der Waals surface area contributed by atoms with Gasteiger partial charge >= 0.3 is 0 Å². The number of nitrogens with zero attached hydrogens (tertiary/aromatic N) is 2. The van der Waals surface area contributed by atoms with E-state index in [0.717, 1.165) is 11.3 Å². The van der Waals surface area contributed by atoms with Gasteiger partial charge in [0.05, 0.1) is 16.8 Å². The maximum atomic E-state index is 12.9. The van der Waals surface area contributed by atoms with Crippen LogP contribution < -0.4 is 4.41 Å². The summed E-state index contributed by atoms with van der Waals surface area (Å²) < 4.78 is 14.7. The van der Waals surface area contributed by atoms with E-state index in [4.69, 9.17) is 0 Å². The van der Waals surface area contributed by atoms with E-state index in [9.17, 15) is 4.55 Å². The molecular weight excluding hydrogens is 472 g/mol.